The van der Waals surface area contributed by atoms with Crippen molar-refractivity contribution in [2.45, 2.75) is 32.7 Å². The molecular formula is C18H24F2N4OS. The number of nitrogens with zero attached hydrogens (tertiary/aromatic N) is 2. The summed E-state index contributed by atoms with van der Waals surface area (Å²) < 4.78 is 31.6. The van der Waals surface area contributed by atoms with Crippen molar-refractivity contribution < 1.29 is 13.5 Å². The molecule has 5 nitrogen and oxygen atoms in total. The van der Waals surface area contributed by atoms with Crippen LogP contribution in [-0.2, 0) is 12.0 Å². The van der Waals surface area contributed by atoms with E-state index in [1.54, 1.807) is 18.4 Å². The lowest BCUT2D eigenvalue weighted by Crippen LogP contribution is -2.38. The third-order valence-corrected chi connectivity index (χ3v) is 4.35. The second-order valence-electron chi connectivity index (χ2n) is 6.65. The molecule has 0 fully saturated rings. The van der Waals surface area contributed by atoms with Crippen LogP contribution in [-0.4, -0.2) is 31.1 Å². The Morgan fingerprint density at radius 2 is 2.04 bits per heavy atom. The van der Waals surface area contributed by atoms with Crippen LogP contribution < -0.4 is 15.4 Å². The summed E-state index contributed by atoms with van der Waals surface area (Å²) in [6, 6.07) is 3.22. The Kier molecular flexibility index (Phi) is 6.90. The topological polar surface area (TPSA) is 58.5 Å². The minimum Gasteiger partial charge on any atom is -0.489 e. The number of benzene rings is 1. The van der Waals surface area contributed by atoms with Gasteiger partial charge in [-0.15, -0.1) is 11.3 Å². The van der Waals surface area contributed by atoms with Crippen molar-refractivity contribution in [2.75, 3.05) is 20.2 Å². The van der Waals surface area contributed by atoms with Crippen LogP contribution in [0.4, 0.5) is 8.78 Å². The first-order valence-corrected chi connectivity index (χ1v) is 9.15. The fourth-order valence-electron chi connectivity index (χ4n) is 2.04. The van der Waals surface area contributed by atoms with Crippen LogP contribution in [0.25, 0.3) is 0 Å². The predicted molar refractivity (Wildman–Crippen MR) is 101 cm³/mol. The van der Waals surface area contributed by atoms with Gasteiger partial charge >= 0.3 is 0 Å². The third kappa shape index (κ3) is 5.94. The highest BCUT2D eigenvalue weighted by Crippen LogP contribution is 2.23. The van der Waals surface area contributed by atoms with E-state index in [9.17, 15) is 8.78 Å². The molecule has 142 valence electrons. The Bertz CT molecular complexity index is 756. The van der Waals surface area contributed by atoms with Crippen molar-refractivity contribution in [3.8, 4) is 5.75 Å². The maximum Gasteiger partial charge on any atom is 0.191 e. The number of hydrogen-bond acceptors (Lipinski definition) is 4. The van der Waals surface area contributed by atoms with Crippen LogP contribution in [0.1, 0.15) is 31.5 Å². The summed E-state index contributed by atoms with van der Waals surface area (Å²) in [5, 5.41) is 9.29. The normalized spacial score (nSPS) is 12.2. The van der Waals surface area contributed by atoms with Crippen molar-refractivity contribution in [3.05, 3.63) is 45.9 Å². The molecule has 2 rings (SSSR count). The van der Waals surface area contributed by atoms with Gasteiger partial charge in [0.15, 0.2) is 17.5 Å². The highest BCUT2D eigenvalue weighted by atomic mass is 32.1. The second kappa shape index (κ2) is 8.93. The SMILES string of the molecule is CN=C(NCCOc1ccc(F)cc1F)NCc1nc(C(C)(C)C)cs1. The molecule has 0 aliphatic carbocycles. The number of aromatic nitrogens is 1. The summed E-state index contributed by atoms with van der Waals surface area (Å²) in [6.07, 6.45) is 0. The van der Waals surface area contributed by atoms with E-state index in [4.69, 9.17) is 4.74 Å². The van der Waals surface area contributed by atoms with Gasteiger partial charge in [0.05, 0.1) is 18.8 Å². The number of aliphatic imine (C=N–C) groups is 1. The number of halogens is 2. The summed E-state index contributed by atoms with van der Waals surface area (Å²) in [6.45, 7) is 7.58. The lowest BCUT2D eigenvalue weighted by atomic mass is 9.93. The van der Waals surface area contributed by atoms with Gasteiger partial charge in [-0.25, -0.2) is 13.8 Å². The number of thiazole rings is 1. The molecule has 2 aromatic rings. The number of rotatable bonds is 6. The lowest BCUT2D eigenvalue weighted by molar-refractivity contribution is 0.304. The third-order valence-electron chi connectivity index (χ3n) is 3.50. The quantitative estimate of drug-likeness (QED) is 0.456. The van der Waals surface area contributed by atoms with Gasteiger partial charge in [-0.2, -0.15) is 0 Å². The van der Waals surface area contributed by atoms with Crippen molar-refractivity contribution >= 4 is 17.3 Å². The average Bonchev–Trinajstić information content (AvgIpc) is 3.05. The van der Waals surface area contributed by atoms with E-state index in [-0.39, 0.29) is 17.8 Å². The number of guanidine groups is 1. The van der Waals surface area contributed by atoms with E-state index < -0.39 is 11.6 Å². The number of nitrogens with one attached hydrogen (secondary N) is 2. The zero-order chi connectivity index (χ0) is 19.2. The summed E-state index contributed by atoms with van der Waals surface area (Å²) in [5.74, 6) is -0.727. The van der Waals surface area contributed by atoms with Crippen molar-refractivity contribution in [3.63, 3.8) is 0 Å². The van der Waals surface area contributed by atoms with Gasteiger partial charge < -0.3 is 15.4 Å². The molecule has 0 unspecified atom stereocenters. The first kappa shape index (κ1) is 20.1. The van der Waals surface area contributed by atoms with E-state index in [0.29, 0.717) is 19.0 Å². The minimum atomic E-state index is -0.717. The molecule has 8 heteroatoms. The fourth-order valence-corrected chi connectivity index (χ4v) is 3.00. The van der Waals surface area contributed by atoms with E-state index in [2.05, 4.69) is 46.8 Å². The van der Waals surface area contributed by atoms with E-state index in [1.807, 2.05) is 0 Å². The van der Waals surface area contributed by atoms with E-state index in [1.165, 1.54) is 6.07 Å². The van der Waals surface area contributed by atoms with Gasteiger partial charge in [0.25, 0.3) is 0 Å². The smallest absolute Gasteiger partial charge is 0.191 e. The molecule has 2 N–H and O–H groups in total. The highest BCUT2D eigenvalue weighted by molar-refractivity contribution is 7.09. The molecule has 0 radical (unpaired) electrons. The predicted octanol–water partition coefficient (Wildman–Crippen LogP) is 3.46. The molecule has 1 heterocycles. The maximum absolute atomic E-state index is 13.5. The molecule has 26 heavy (non-hydrogen) atoms. The van der Waals surface area contributed by atoms with Crippen molar-refractivity contribution in [2.24, 2.45) is 4.99 Å². The molecule has 0 aliphatic rings. The zero-order valence-electron chi connectivity index (χ0n) is 15.4. The number of ether oxygens (including phenoxy) is 1. The molecule has 1 aromatic carbocycles. The summed E-state index contributed by atoms with van der Waals surface area (Å²) in [5.41, 5.74) is 1.10. The lowest BCUT2D eigenvalue weighted by Gasteiger charge is -2.14. The average molecular weight is 382 g/mol. The molecule has 0 saturated heterocycles. The molecule has 0 aliphatic heterocycles. The Hall–Kier alpha value is -2.22. The van der Waals surface area contributed by atoms with Crippen molar-refractivity contribution in [1.29, 1.82) is 0 Å². The Labute approximate surface area is 156 Å². The first-order chi connectivity index (χ1) is 12.3. The van der Waals surface area contributed by atoms with Crippen LogP contribution >= 0.6 is 11.3 Å². The molecule has 0 spiro atoms. The Morgan fingerprint density at radius 3 is 2.65 bits per heavy atom. The van der Waals surface area contributed by atoms with Crippen LogP contribution in [0.2, 0.25) is 0 Å². The number of hydrogen-bond donors (Lipinski definition) is 2. The van der Waals surface area contributed by atoms with Gasteiger partial charge in [-0.3, -0.25) is 4.99 Å². The molecule has 1 aromatic heterocycles. The van der Waals surface area contributed by atoms with Crippen LogP contribution in [0, 0.1) is 11.6 Å². The fraction of sp³-hybridized carbons (Fsp3) is 0.444. The van der Waals surface area contributed by atoms with Crippen LogP contribution in [0.15, 0.2) is 28.6 Å². The molecule has 0 saturated carbocycles. The Balaban J connectivity index is 1.75. The monoisotopic (exact) mass is 382 g/mol. The van der Waals surface area contributed by atoms with E-state index >= 15 is 0 Å². The molecule has 0 amide bonds. The van der Waals surface area contributed by atoms with Crippen LogP contribution in [0.5, 0.6) is 5.75 Å². The molecule has 0 atom stereocenters. The first-order valence-electron chi connectivity index (χ1n) is 8.27. The Morgan fingerprint density at radius 1 is 1.27 bits per heavy atom. The molecular weight excluding hydrogens is 358 g/mol. The van der Waals surface area contributed by atoms with Gasteiger partial charge in [0, 0.05) is 23.9 Å². The maximum atomic E-state index is 13.5. The summed E-state index contributed by atoms with van der Waals surface area (Å²) in [7, 11) is 1.66. The zero-order valence-corrected chi connectivity index (χ0v) is 16.2. The highest BCUT2D eigenvalue weighted by Gasteiger charge is 2.17. The van der Waals surface area contributed by atoms with Gasteiger partial charge in [-0.1, -0.05) is 20.8 Å². The van der Waals surface area contributed by atoms with Gasteiger partial charge in [0.2, 0.25) is 0 Å². The van der Waals surface area contributed by atoms with Crippen LogP contribution in [0.3, 0.4) is 0 Å². The van der Waals surface area contributed by atoms with Gasteiger partial charge in [-0.05, 0) is 12.1 Å². The molecule has 0 bridgehead atoms. The van der Waals surface area contributed by atoms with E-state index in [0.717, 1.165) is 22.8 Å². The minimum absolute atomic E-state index is 0.0219. The standard InChI is InChI=1S/C18H24F2N4OS/c1-18(2,3)15-11-26-16(24-15)10-23-17(21-4)22-7-8-25-14-6-5-12(19)9-13(14)20/h5-6,9,11H,7-8,10H2,1-4H3,(H2,21,22,23). The largest absolute Gasteiger partial charge is 0.489 e. The summed E-state index contributed by atoms with van der Waals surface area (Å²) in [4.78, 5) is 8.74. The van der Waals surface area contributed by atoms with Gasteiger partial charge in [0.1, 0.15) is 17.4 Å². The van der Waals surface area contributed by atoms with Crippen molar-refractivity contribution in [1.82, 2.24) is 15.6 Å². The summed E-state index contributed by atoms with van der Waals surface area (Å²) >= 11 is 1.60. The second-order valence-corrected chi connectivity index (χ2v) is 7.59.